The van der Waals surface area contributed by atoms with Crippen LogP contribution in [-0.4, -0.2) is 48.2 Å². The number of hydrogen-bond acceptors (Lipinski definition) is 9. The minimum Gasteiger partial charge on any atom is -0.508 e. The van der Waals surface area contributed by atoms with Crippen molar-refractivity contribution in [1.82, 2.24) is 20.2 Å². The standard InChI is InChI=1S/C32H29N5O5S/c38-19-21-6-8-22(9-7-21)29-18-28(20-43-32-34-35-36-37(32)26-14-16-27(39)17-15-26)41-31(42-29)24-10-12-25(13-11-24)33-30(40)23-4-2-1-3-5-23/h1-17,28-29,31,38-39H,18-20H2,(H,33,40)/t28-,29+,31+/m1/s1. The van der Waals surface area contributed by atoms with Gasteiger partial charge in [0.05, 0.1) is 24.5 Å². The van der Waals surface area contributed by atoms with Gasteiger partial charge >= 0.3 is 0 Å². The molecule has 1 amide bonds. The predicted molar refractivity (Wildman–Crippen MR) is 161 cm³/mol. The molecular weight excluding hydrogens is 566 g/mol. The number of phenols is 1. The molecule has 10 nitrogen and oxygen atoms in total. The molecule has 11 heteroatoms. The molecule has 1 aromatic heterocycles. The number of rotatable bonds is 9. The van der Waals surface area contributed by atoms with Crippen LogP contribution in [0.25, 0.3) is 5.69 Å². The Morgan fingerprint density at radius 2 is 1.63 bits per heavy atom. The maximum Gasteiger partial charge on any atom is 0.255 e. The number of ether oxygens (including phenoxy) is 2. The summed E-state index contributed by atoms with van der Waals surface area (Å²) in [6.07, 6.45) is -0.487. The van der Waals surface area contributed by atoms with Gasteiger partial charge < -0.3 is 25.0 Å². The number of nitrogens with one attached hydrogen (secondary N) is 1. The maximum absolute atomic E-state index is 12.6. The molecule has 0 radical (unpaired) electrons. The van der Waals surface area contributed by atoms with Gasteiger partial charge in [0.25, 0.3) is 5.91 Å². The number of nitrogens with zero attached hydrogens (tertiary/aromatic N) is 4. The van der Waals surface area contributed by atoms with Crippen LogP contribution in [0.3, 0.4) is 0 Å². The smallest absolute Gasteiger partial charge is 0.255 e. The number of carbonyl (C=O) groups excluding carboxylic acids is 1. The van der Waals surface area contributed by atoms with Crippen molar-refractivity contribution in [2.75, 3.05) is 11.1 Å². The Labute approximate surface area is 252 Å². The van der Waals surface area contributed by atoms with Crippen molar-refractivity contribution in [2.24, 2.45) is 0 Å². The summed E-state index contributed by atoms with van der Waals surface area (Å²) in [7, 11) is 0. The van der Waals surface area contributed by atoms with Gasteiger partial charge in [-0.15, -0.1) is 5.10 Å². The Kier molecular flexibility index (Phi) is 8.75. The topological polar surface area (TPSA) is 132 Å². The normalized spacial score (nSPS) is 18.3. The molecule has 0 unspecified atom stereocenters. The lowest BCUT2D eigenvalue weighted by molar-refractivity contribution is -0.245. The highest BCUT2D eigenvalue weighted by atomic mass is 32.2. The van der Waals surface area contributed by atoms with Crippen LogP contribution in [0.4, 0.5) is 5.69 Å². The lowest BCUT2D eigenvalue weighted by Crippen LogP contribution is -2.31. The van der Waals surface area contributed by atoms with Gasteiger partial charge in [0.2, 0.25) is 5.16 Å². The van der Waals surface area contributed by atoms with E-state index in [4.69, 9.17) is 9.47 Å². The van der Waals surface area contributed by atoms with Gasteiger partial charge in [-0.2, -0.15) is 4.68 Å². The second kappa shape index (κ2) is 13.2. The molecular formula is C32H29N5O5S. The quantitative estimate of drug-likeness (QED) is 0.190. The summed E-state index contributed by atoms with van der Waals surface area (Å²) in [5.41, 5.74) is 4.61. The molecule has 1 saturated heterocycles. The van der Waals surface area contributed by atoms with Crippen molar-refractivity contribution in [3.8, 4) is 11.4 Å². The van der Waals surface area contributed by atoms with Gasteiger partial charge in [-0.1, -0.05) is 66.4 Å². The van der Waals surface area contributed by atoms with Crippen molar-refractivity contribution >= 4 is 23.4 Å². The van der Waals surface area contributed by atoms with E-state index in [1.165, 1.54) is 11.8 Å². The van der Waals surface area contributed by atoms with Crippen LogP contribution in [0.5, 0.6) is 5.75 Å². The van der Waals surface area contributed by atoms with E-state index < -0.39 is 6.29 Å². The van der Waals surface area contributed by atoms with E-state index in [9.17, 15) is 15.0 Å². The Morgan fingerprint density at radius 3 is 2.35 bits per heavy atom. The minimum absolute atomic E-state index is 0.0281. The van der Waals surface area contributed by atoms with E-state index in [1.54, 1.807) is 41.1 Å². The molecule has 0 aliphatic carbocycles. The molecule has 0 saturated carbocycles. The number of aliphatic hydroxyl groups is 1. The average molecular weight is 596 g/mol. The van der Waals surface area contributed by atoms with Gasteiger partial charge in [-0.05, 0) is 70.1 Å². The maximum atomic E-state index is 12.6. The fraction of sp³-hybridized carbons (Fsp3) is 0.188. The fourth-order valence-electron chi connectivity index (χ4n) is 4.73. The zero-order valence-electron chi connectivity index (χ0n) is 23.0. The Bertz CT molecular complexity index is 1650. The van der Waals surface area contributed by atoms with E-state index in [0.717, 1.165) is 22.4 Å². The zero-order valence-corrected chi connectivity index (χ0v) is 23.8. The number of anilines is 1. The summed E-state index contributed by atoms with van der Waals surface area (Å²) in [6.45, 7) is -0.0281. The molecule has 3 N–H and O–H groups in total. The first kappa shape index (κ1) is 28.6. The third kappa shape index (κ3) is 6.92. The van der Waals surface area contributed by atoms with Gasteiger partial charge in [0.1, 0.15) is 5.75 Å². The highest BCUT2D eigenvalue weighted by Crippen LogP contribution is 2.39. The number of carbonyl (C=O) groups is 1. The first-order chi connectivity index (χ1) is 21.1. The number of amides is 1. The van der Waals surface area contributed by atoms with Gasteiger partial charge in [0.15, 0.2) is 6.29 Å². The molecule has 0 spiro atoms. The number of benzene rings is 4. The molecule has 1 aliphatic heterocycles. The molecule has 0 bridgehead atoms. The Balaban J connectivity index is 1.18. The zero-order chi connectivity index (χ0) is 29.6. The third-order valence-corrected chi connectivity index (χ3v) is 8.08. The Morgan fingerprint density at radius 1 is 0.907 bits per heavy atom. The van der Waals surface area contributed by atoms with Crippen molar-refractivity contribution in [2.45, 2.75) is 36.7 Å². The van der Waals surface area contributed by atoms with E-state index in [1.807, 2.05) is 66.7 Å². The Hall–Kier alpha value is -4.55. The lowest BCUT2D eigenvalue weighted by Gasteiger charge is -2.36. The fourth-order valence-corrected chi connectivity index (χ4v) is 5.64. The highest BCUT2D eigenvalue weighted by Gasteiger charge is 2.32. The van der Waals surface area contributed by atoms with Gasteiger partial charge in [-0.3, -0.25) is 4.79 Å². The summed E-state index contributed by atoms with van der Waals surface area (Å²) in [4.78, 5) is 12.6. The van der Waals surface area contributed by atoms with Gasteiger partial charge in [-0.25, -0.2) is 0 Å². The number of aromatic nitrogens is 4. The van der Waals surface area contributed by atoms with Crippen molar-refractivity contribution in [3.63, 3.8) is 0 Å². The minimum atomic E-state index is -0.645. The monoisotopic (exact) mass is 595 g/mol. The summed E-state index contributed by atoms with van der Waals surface area (Å²) >= 11 is 1.47. The van der Waals surface area contributed by atoms with E-state index in [2.05, 4.69) is 20.8 Å². The van der Waals surface area contributed by atoms with Crippen molar-refractivity contribution in [3.05, 3.63) is 125 Å². The average Bonchev–Trinajstić information content (AvgIpc) is 3.53. The largest absolute Gasteiger partial charge is 0.508 e. The number of hydrogen-bond donors (Lipinski definition) is 3. The van der Waals surface area contributed by atoms with E-state index in [-0.39, 0.29) is 30.5 Å². The van der Waals surface area contributed by atoms with Crippen molar-refractivity contribution in [1.29, 1.82) is 0 Å². The SMILES string of the molecule is O=C(Nc1ccc([C@H]2O[C@@H](CSc3nnnn3-c3ccc(O)cc3)C[C@@H](c3ccc(CO)cc3)O2)cc1)c1ccccc1. The molecule has 5 aromatic rings. The summed E-state index contributed by atoms with van der Waals surface area (Å²) in [5.74, 6) is 0.545. The number of thioether (sulfide) groups is 1. The summed E-state index contributed by atoms with van der Waals surface area (Å²) < 4.78 is 14.5. The molecule has 1 fully saturated rings. The van der Waals surface area contributed by atoms with Crippen LogP contribution < -0.4 is 5.32 Å². The van der Waals surface area contributed by atoms with Crippen LogP contribution in [-0.2, 0) is 16.1 Å². The van der Waals surface area contributed by atoms with E-state index >= 15 is 0 Å². The predicted octanol–water partition coefficient (Wildman–Crippen LogP) is 5.45. The van der Waals surface area contributed by atoms with Crippen LogP contribution >= 0.6 is 11.8 Å². The molecule has 4 aromatic carbocycles. The second-order valence-corrected chi connectivity index (χ2v) is 11.0. The molecule has 2 heterocycles. The first-order valence-electron chi connectivity index (χ1n) is 13.7. The van der Waals surface area contributed by atoms with Crippen LogP contribution in [0.2, 0.25) is 0 Å². The molecule has 3 atom stereocenters. The summed E-state index contributed by atoms with van der Waals surface area (Å²) in [5, 5.41) is 34.8. The van der Waals surface area contributed by atoms with Crippen LogP contribution in [0, 0.1) is 0 Å². The molecule has 1 aliphatic rings. The number of phenolic OH excluding ortho intramolecular Hbond substituents is 1. The number of aliphatic hydroxyl groups excluding tert-OH is 1. The molecule has 43 heavy (non-hydrogen) atoms. The first-order valence-corrected chi connectivity index (χ1v) is 14.7. The third-order valence-electron chi connectivity index (χ3n) is 7.03. The van der Waals surface area contributed by atoms with Crippen LogP contribution in [0.15, 0.2) is 108 Å². The number of aromatic hydroxyl groups is 1. The highest BCUT2D eigenvalue weighted by molar-refractivity contribution is 7.99. The molecule has 218 valence electrons. The van der Waals surface area contributed by atoms with E-state index in [0.29, 0.717) is 28.6 Å². The summed E-state index contributed by atoms with van der Waals surface area (Å²) in [6, 6.07) is 30.9. The van der Waals surface area contributed by atoms with Gasteiger partial charge in [0, 0.05) is 29.0 Å². The lowest BCUT2D eigenvalue weighted by atomic mass is 10.0. The van der Waals surface area contributed by atoms with Crippen LogP contribution in [0.1, 0.15) is 45.9 Å². The molecule has 6 rings (SSSR count). The van der Waals surface area contributed by atoms with Crippen molar-refractivity contribution < 1.29 is 24.5 Å². The number of tetrazole rings is 1. The second-order valence-electron chi connectivity index (χ2n) is 9.99.